The van der Waals surface area contributed by atoms with Gasteiger partial charge in [-0.05, 0) is 18.6 Å². The molecular weight excluding hydrogens is 378 g/mol. The van der Waals surface area contributed by atoms with Crippen molar-refractivity contribution in [3.63, 3.8) is 0 Å². The third kappa shape index (κ3) is 6.49. The van der Waals surface area contributed by atoms with Crippen LogP contribution < -0.4 is 5.32 Å². The van der Waals surface area contributed by atoms with Gasteiger partial charge in [0.15, 0.2) is 0 Å². The first-order valence-corrected chi connectivity index (χ1v) is 8.51. The van der Waals surface area contributed by atoms with E-state index in [0.717, 1.165) is 44.6 Å². The molecule has 2 rings (SSSR count). The summed E-state index contributed by atoms with van der Waals surface area (Å²) in [5.74, 6) is 0.182. The highest BCUT2D eigenvalue weighted by Crippen LogP contribution is 2.39. The lowest BCUT2D eigenvalue weighted by atomic mass is 9.97. The average Bonchev–Trinajstić information content (AvgIpc) is 2.49. The van der Waals surface area contributed by atoms with Crippen LogP contribution in [0.4, 0.5) is 0 Å². The van der Waals surface area contributed by atoms with Crippen molar-refractivity contribution in [1.82, 2.24) is 10.2 Å². The number of hydrogen-bond donors (Lipinski definition) is 2. The molecule has 1 saturated heterocycles. The molecule has 2 N–H and O–H groups in total. The van der Waals surface area contributed by atoms with Crippen LogP contribution in [0.2, 0.25) is 10.0 Å². The van der Waals surface area contributed by atoms with Crippen molar-refractivity contribution < 1.29 is 5.11 Å². The number of halogens is 4. The van der Waals surface area contributed by atoms with E-state index in [2.05, 4.69) is 17.1 Å². The Morgan fingerprint density at radius 2 is 1.83 bits per heavy atom. The zero-order valence-corrected chi connectivity index (χ0v) is 16.5. The summed E-state index contributed by atoms with van der Waals surface area (Å²) in [7, 11) is 0. The molecule has 7 heteroatoms. The monoisotopic (exact) mass is 402 g/mol. The van der Waals surface area contributed by atoms with Crippen molar-refractivity contribution in [2.24, 2.45) is 0 Å². The number of aromatic hydroxyl groups is 1. The van der Waals surface area contributed by atoms with Gasteiger partial charge in [-0.3, -0.25) is 4.90 Å². The fourth-order valence-electron chi connectivity index (χ4n) is 2.96. The summed E-state index contributed by atoms with van der Waals surface area (Å²) in [5.41, 5.74) is 0.866. The minimum Gasteiger partial charge on any atom is -0.506 e. The lowest BCUT2D eigenvalue weighted by Crippen LogP contribution is -2.45. The van der Waals surface area contributed by atoms with E-state index in [9.17, 15) is 5.11 Å². The molecule has 134 valence electrons. The van der Waals surface area contributed by atoms with Gasteiger partial charge in [0.1, 0.15) is 5.75 Å². The van der Waals surface area contributed by atoms with Gasteiger partial charge in [0, 0.05) is 42.8 Å². The second kappa shape index (κ2) is 11.6. The van der Waals surface area contributed by atoms with Crippen LogP contribution in [-0.4, -0.2) is 36.2 Å². The zero-order valence-electron chi connectivity index (χ0n) is 13.4. The number of phenols is 1. The molecule has 1 aliphatic heterocycles. The molecule has 0 radical (unpaired) electrons. The van der Waals surface area contributed by atoms with Crippen LogP contribution in [0.25, 0.3) is 0 Å². The quantitative estimate of drug-likeness (QED) is 0.650. The third-order valence-corrected chi connectivity index (χ3v) is 4.60. The van der Waals surface area contributed by atoms with Crippen molar-refractivity contribution in [1.29, 1.82) is 0 Å². The molecule has 1 heterocycles. The van der Waals surface area contributed by atoms with Crippen molar-refractivity contribution in [2.45, 2.75) is 38.6 Å². The third-order valence-electron chi connectivity index (χ3n) is 4.09. The normalized spacial score (nSPS) is 16.3. The first-order valence-electron chi connectivity index (χ1n) is 7.76. The maximum atomic E-state index is 10.3. The van der Waals surface area contributed by atoms with Crippen LogP contribution in [0.3, 0.4) is 0 Å². The van der Waals surface area contributed by atoms with Gasteiger partial charge in [-0.1, -0.05) is 49.4 Å². The van der Waals surface area contributed by atoms with E-state index in [0.29, 0.717) is 10.0 Å². The molecule has 0 aliphatic carbocycles. The fraction of sp³-hybridized carbons (Fsp3) is 0.625. The highest BCUT2D eigenvalue weighted by atomic mass is 35.5. The Labute approximate surface area is 161 Å². The predicted molar refractivity (Wildman–Crippen MR) is 104 cm³/mol. The Kier molecular flexibility index (Phi) is 11.7. The SMILES string of the molecule is CCCCC[C@H](c1cc(Cl)cc(Cl)c1O)N1CCNCC1.Cl.Cl. The van der Waals surface area contributed by atoms with Crippen molar-refractivity contribution in [2.75, 3.05) is 26.2 Å². The minimum absolute atomic E-state index is 0. The first-order chi connectivity index (χ1) is 10.1. The van der Waals surface area contributed by atoms with Gasteiger partial charge in [-0.2, -0.15) is 0 Å². The number of benzene rings is 1. The topological polar surface area (TPSA) is 35.5 Å². The van der Waals surface area contributed by atoms with Gasteiger partial charge in [0.2, 0.25) is 0 Å². The van der Waals surface area contributed by atoms with Crippen molar-refractivity contribution >= 4 is 48.0 Å². The Balaban J connectivity index is 0.00000242. The molecule has 1 aromatic carbocycles. The van der Waals surface area contributed by atoms with Gasteiger partial charge in [0.05, 0.1) is 5.02 Å². The van der Waals surface area contributed by atoms with E-state index in [1.165, 1.54) is 12.8 Å². The Morgan fingerprint density at radius 1 is 1.17 bits per heavy atom. The molecule has 0 spiro atoms. The van der Waals surface area contributed by atoms with E-state index in [-0.39, 0.29) is 36.6 Å². The summed E-state index contributed by atoms with van der Waals surface area (Å²) in [6.45, 7) is 6.15. The van der Waals surface area contributed by atoms with E-state index in [1.807, 2.05) is 6.07 Å². The van der Waals surface area contributed by atoms with Gasteiger partial charge < -0.3 is 10.4 Å². The van der Waals surface area contributed by atoms with E-state index in [1.54, 1.807) is 6.07 Å². The van der Waals surface area contributed by atoms with Crippen LogP contribution in [-0.2, 0) is 0 Å². The number of nitrogens with one attached hydrogen (secondary N) is 1. The molecule has 0 amide bonds. The largest absolute Gasteiger partial charge is 0.506 e. The van der Waals surface area contributed by atoms with Gasteiger partial charge >= 0.3 is 0 Å². The summed E-state index contributed by atoms with van der Waals surface area (Å²) in [5, 5.41) is 14.6. The maximum Gasteiger partial charge on any atom is 0.139 e. The number of nitrogens with zero attached hydrogens (tertiary/aromatic N) is 1. The molecule has 0 unspecified atom stereocenters. The highest BCUT2D eigenvalue weighted by molar-refractivity contribution is 6.35. The Morgan fingerprint density at radius 3 is 2.43 bits per heavy atom. The van der Waals surface area contributed by atoms with Crippen molar-refractivity contribution in [3.8, 4) is 5.75 Å². The summed E-state index contributed by atoms with van der Waals surface area (Å²) in [4.78, 5) is 2.42. The number of hydrogen-bond acceptors (Lipinski definition) is 3. The summed E-state index contributed by atoms with van der Waals surface area (Å²) in [6.07, 6.45) is 4.57. The average molecular weight is 404 g/mol. The molecule has 23 heavy (non-hydrogen) atoms. The predicted octanol–water partition coefficient (Wildman–Crippen LogP) is 5.07. The van der Waals surface area contributed by atoms with Gasteiger partial charge in [-0.25, -0.2) is 0 Å². The molecule has 0 bridgehead atoms. The number of piperazine rings is 1. The van der Waals surface area contributed by atoms with Gasteiger partial charge in [-0.15, -0.1) is 24.8 Å². The van der Waals surface area contributed by atoms with Gasteiger partial charge in [0.25, 0.3) is 0 Å². The van der Waals surface area contributed by atoms with Crippen LogP contribution in [0, 0.1) is 0 Å². The molecule has 0 aromatic heterocycles. The van der Waals surface area contributed by atoms with E-state index in [4.69, 9.17) is 23.2 Å². The van der Waals surface area contributed by atoms with E-state index >= 15 is 0 Å². The number of rotatable bonds is 6. The smallest absolute Gasteiger partial charge is 0.139 e. The van der Waals surface area contributed by atoms with Crippen LogP contribution in [0.15, 0.2) is 12.1 Å². The Hall–Kier alpha value is 0.1000. The second-order valence-corrected chi connectivity index (χ2v) is 6.47. The minimum atomic E-state index is 0. The molecular formula is C16H26Cl4N2O. The molecule has 1 aromatic rings. The van der Waals surface area contributed by atoms with Crippen LogP contribution >= 0.6 is 48.0 Å². The molecule has 1 fully saturated rings. The lowest BCUT2D eigenvalue weighted by Gasteiger charge is -2.35. The van der Waals surface area contributed by atoms with Crippen molar-refractivity contribution in [3.05, 3.63) is 27.7 Å². The fourth-order valence-corrected chi connectivity index (χ4v) is 3.47. The summed E-state index contributed by atoms with van der Waals surface area (Å²) in [6, 6.07) is 3.65. The molecule has 0 saturated carbocycles. The van der Waals surface area contributed by atoms with Crippen LogP contribution in [0.5, 0.6) is 5.75 Å². The first kappa shape index (κ1) is 23.1. The summed E-state index contributed by atoms with van der Waals surface area (Å²) >= 11 is 12.2. The summed E-state index contributed by atoms with van der Waals surface area (Å²) < 4.78 is 0. The zero-order chi connectivity index (χ0) is 15.2. The lowest BCUT2D eigenvalue weighted by molar-refractivity contribution is 0.160. The molecule has 1 atom stereocenters. The standard InChI is InChI=1S/C16H24Cl2N2O.2ClH/c1-2-3-4-5-15(20-8-6-19-7-9-20)13-10-12(17)11-14(18)16(13)21;;/h10-11,15,19,21H,2-9H2,1H3;2*1H/t15-;;/m1../s1. The number of phenolic OH excluding ortho intramolecular Hbond substituents is 1. The highest BCUT2D eigenvalue weighted by Gasteiger charge is 2.25. The molecule has 3 nitrogen and oxygen atoms in total. The van der Waals surface area contributed by atoms with E-state index < -0.39 is 0 Å². The molecule has 1 aliphatic rings. The second-order valence-electron chi connectivity index (χ2n) is 5.62. The maximum absolute atomic E-state index is 10.3. The number of unbranched alkanes of at least 4 members (excludes halogenated alkanes) is 2. The Bertz CT molecular complexity index is 468. The van der Waals surface area contributed by atoms with Crippen LogP contribution in [0.1, 0.15) is 44.2 Å².